The fourth-order valence-electron chi connectivity index (χ4n) is 4.95. The average molecular weight is 558 g/mol. The molecule has 3 heterocycles. The molecule has 198 valence electrons. The van der Waals surface area contributed by atoms with Crippen molar-refractivity contribution in [3.63, 3.8) is 0 Å². The molecule has 1 amide bonds. The van der Waals surface area contributed by atoms with Crippen LogP contribution >= 0.6 is 11.3 Å². The van der Waals surface area contributed by atoms with E-state index in [1.54, 1.807) is 29.4 Å². The lowest BCUT2D eigenvalue weighted by Crippen LogP contribution is -2.35. The molecule has 0 saturated carbocycles. The summed E-state index contributed by atoms with van der Waals surface area (Å²) in [4.78, 5) is 20.4. The number of fused-ring (bicyclic) bond motifs is 2. The molecule has 0 aliphatic carbocycles. The third-order valence-corrected chi connectivity index (χ3v) is 10.1. The number of sulfonamides is 1. The van der Waals surface area contributed by atoms with Crippen molar-refractivity contribution in [1.82, 2.24) is 4.98 Å². The predicted molar refractivity (Wildman–Crippen MR) is 154 cm³/mol. The smallest absolute Gasteiger partial charge is 0.264 e. The first-order chi connectivity index (χ1) is 18.8. The lowest BCUT2D eigenvalue weighted by Gasteiger charge is -2.30. The lowest BCUT2D eigenvalue weighted by molar-refractivity contribution is 0.0983. The number of amides is 1. The third-order valence-electron chi connectivity index (χ3n) is 7.06. The molecule has 7 nitrogen and oxygen atoms in total. The van der Waals surface area contributed by atoms with E-state index in [4.69, 9.17) is 9.40 Å². The molecule has 9 heteroatoms. The number of carbonyl (C=O) groups excluding carboxylic acids is 1. The van der Waals surface area contributed by atoms with Crippen molar-refractivity contribution in [2.45, 2.75) is 38.1 Å². The number of aryl methyl sites for hydroxylation is 3. The molecular formula is C30H27N3O4S2. The summed E-state index contributed by atoms with van der Waals surface area (Å²) in [6.07, 6.45) is 3.19. The van der Waals surface area contributed by atoms with Gasteiger partial charge >= 0.3 is 0 Å². The highest BCUT2D eigenvalue weighted by Gasteiger charge is 2.30. The second-order valence-electron chi connectivity index (χ2n) is 9.68. The third kappa shape index (κ3) is 4.62. The van der Waals surface area contributed by atoms with Gasteiger partial charge in [-0.1, -0.05) is 41.7 Å². The second-order valence-corrected chi connectivity index (χ2v) is 12.5. The molecule has 0 bridgehead atoms. The van der Waals surface area contributed by atoms with Crippen molar-refractivity contribution in [2.24, 2.45) is 0 Å². The van der Waals surface area contributed by atoms with E-state index >= 15 is 0 Å². The first-order valence-corrected chi connectivity index (χ1v) is 15.0. The first-order valence-electron chi connectivity index (χ1n) is 12.7. The standard InChI is InChI=1S/C30H27N3O4S2/c1-20-11-12-21(2)28-27(20)31-30(38-28)32(19-24-9-6-18-37-24)29(34)23-13-15-25(16-14-23)39(35,36)33-17-5-8-22-7-3-4-10-26(22)33/h3-4,6-7,9-16,18H,5,8,17,19H2,1-2H3. The van der Waals surface area contributed by atoms with Crippen LogP contribution in [0, 0.1) is 13.8 Å². The number of hydrogen-bond acceptors (Lipinski definition) is 6. The van der Waals surface area contributed by atoms with Crippen LogP contribution in [0.5, 0.6) is 0 Å². The van der Waals surface area contributed by atoms with E-state index in [9.17, 15) is 13.2 Å². The van der Waals surface area contributed by atoms with Crippen LogP contribution in [0.25, 0.3) is 10.2 Å². The molecule has 0 fully saturated rings. The molecule has 3 aromatic carbocycles. The van der Waals surface area contributed by atoms with Gasteiger partial charge in [-0.2, -0.15) is 0 Å². The second kappa shape index (κ2) is 9.98. The Morgan fingerprint density at radius 3 is 2.51 bits per heavy atom. The maximum Gasteiger partial charge on any atom is 0.264 e. The molecule has 5 aromatic rings. The maximum atomic E-state index is 13.8. The molecule has 0 atom stereocenters. The largest absolute Gasteiger partial charge is 0.467 e. The number of aromatic nitrogens is 1. The van der Waals surface area contributed by atoms with Gasteiger partial charge in [0.15, 0.2) is 5.13 Å². The van der Waals surface area contributed by atoms with Crippen molar-refractivity contribution < 1.29 is 17.6 Å². The molecule has 1 aliphatic rings. The normalized spacial score (nSPS) is 13.4. The molecule has 0 spiro atoms. The van der Waals surface area contributed by atoms with Gasteiger partial charge in [-0.25, -0.2) is 13.4 Å². The Morgan fingerprint density at radius 2 is 1.77 bits per heavy atom. The van der Waals surface area contributed by atoms with Crippen LogP contribution in [0.1, 0.15) is 39.2 Å². The minimum absolute atomic E-state index is 0.152. The summed E-state index contributed by atoms with van der Waals surface area (Å²) in [5.41, 5.74) is 5.11. The van der Waals surface area contributed by atoms with Crippen LogP contribution in [0.4, 0.5) is 10.8 Å². The van der Waals surface area contributed by atoms with E-state index in [1.807, 2.05) is 50.2 Å². The topological polar surface area (TPSA) is 83.7 Å². The van der Waals surface area contributed by atoms with Crippen molar-refractivity contribution in [3.05, 3.63) is 107 Å². The van der Waals surface area contributed by atoms with E-state index in [0.717, 1.165) is 45.4 Å². The van der Waals surface area contributed by atoms with Gasteiger partial charge in [-0.15, -0.1) is 0 Å². The van der Waals surface area contributed by atoms with E-state index in [-0.39, 0.29) is 17.3 Å². The van der Waals surface area contributed by atoms with E-state index < -0.39 is 10.0 Å². The van der Waals surface area contributed by atoms with Gasteiger partial charge in [0.2, 0.25) is 0 Å². The van der Waals surface area contributed by atoms with Crippen LogP contribution in [-0.4, -0.2) is 25.9 Å². The summed E-state index contributed by atoms with van der Waals surface area (Å²) in [7, 11) is -3.78. The molecule has 0 N–H and O–H groups in total. The first kappa shape index (κ1) is 25.3. The Bertz CT molecular complexity index is 1740. The number of furan rings is 1. The highest BCUT2D eigenvalue weighted by molar-refractivity contribution is 7.92. The van der Waals surface area contributed by atoms with Crippen LogP contribution < -0.4 is 9.21 Å². The fourth-order valence-corrected chi connectivity index (χ4v) is 7.60. The summed E-state index contributed by atoms with van der Waals surface area (Å²) >= 11 is 1.46. The van der Waals surface area contributed by atoms with Gasteiger partial charge in [0.05, 0.1) is 33.6 Å². The zero-order chi connectivity index (χ0) is 27.1. The van der Waals surface area contributed by atoms with Crippen molar-refractivity contribution >= 4 is 48.3 Å². The summed E-state index contributed by atoms with van der Waals surface area (Å²) in [5.74, 6) is 0.340. The number of carbonyl (C=O) groups is 1. The van der Waals surface area contributed by atoms with Crippen LogP contribution in [0.2, 0.25) is 0 Å². The number of thiazole rings is 1. The summed E-state index contributed by atoms with van der Waals surface area (Å²) < 4.78 is 35.2. The Labute approximate surface area is 231 Å². The minimum Gasteiger partial charge on any atom is -0.467 e. The van der Waals surface area contributed by atoms with Crippen molar-refractivity contribution in [1.29, 1.82) is 0 Å². The molecule has 39 heavy (non-hydrogen) atoms. The van der Waals surface area contributed by atoms with Crippen molar-refractivity contribution in [2.75, 3.05) is 15.7 Å². The molecule has 2 aromatic heterocycles. The number of nitrogens with zero attached hydrogens (tertiary/aromatic N) is 3. The molecule has 0 unspecified atom stereocenters. The van der Waals surface area contributed by atoms with E-state index in [1.165, 1.54) is 27.8 Å². The summed E-state index contributed by atoms with van der Waals surface area (Å²) in [5, 5.41) is 0.561. The SMILES string of the molecule is Cc1ccc(C)c2sc(N(Cc3ccco3)C(=O)c3ccc(S(=O)(=O)N4CCCc5ccccc54)cc3)nc12. The van der Waals surface area contributed by atoms with Gasteiger partial charge in [0.25, 0.3) is 15.9 Å². The lowest BCUT2D eigenvalue weighted by atomic mass is 10.0. The quantitative estimate of drug-likeness (QED) is 0.238. The van der Waals surface area contributed by atoms with Crippen LogP contribution in [0.3, 0.4) is 0 Å². The maximum absolute atomic E-state index is 13.8. The Balaban J connectivity index is 1.34. The minimum atomic E-state index is -3.78. The van der Waals surface area contributed by atoms with Gasteiger partial charge < -0.3 is 4.42 Å². The Hall–Kier alpha value is -3.95. The molecule has 6 rings (SSSR count). The zero-order valence-electron chi connectivity index (χ0n) is 21.6. The van der Waals surface area contributed by atoms with Crippen LogP contribution in [0.15, 0.2) is 88.4 Å². The highest BCUT2D eigenvalue weighted by atomic mass is 32.2. The van der Waals surface area contributed by atoms with Gasteiger partial charge in [0, 0.05) is 12.1 Å². The summed E-state index contributed by atoms with van der Waals surface area (Å²) in [6.45, 7) is 4.66. The van der Waals surface area contributed by atoms with Gasteiger partial charge in [0.1, 0.15) is 5.76 Å². The van der Waals surface area contributed by atoms with E-state index in [0.29, 0.717) is 23.0 Å². The number of hydrogen-bond donors (Lipinski definition) is 0. The number of rotatable bonds is 6. The fraction of sp³-hybridized carbons (Fsp3) is 0.200. The molecule has 0 saturated heterocycles. The summed E-state index contributed by atoms with van der Waals surface area (Å²) in [6, 6.07) is 21.4. The van der Waals surface area contributed by atoms with Crippen molar-refractivity contribution in [3.8, 4) is 0 Å². The molecule has 1 aliphatic heterocycles. The Morgan fingerprint density at radius 1 is 1.00 bits per heavy atom. The van der Waals surface area contributed by atoms with E-state index in [2.05, 4.69) is 6.07 Å². The number of para-hydroxylation sites is 1. The van der Waals surface area contributed by atoms with Crippen LogP contribution in [-0.2, 0) is 23.0 Å². The van der Waals surface area contributed by atoms with Gasteiger partial charge in [-0.05, 0) is 85.8 Å². The molecular weight excluding hydrogens is 530 g/mol. The average Bonchev–Trinajstić information content (AvgIpc) is 3.64. The predicted octanol–water partition coefficient (Wildman–Crippen LogP) is 6.49. The van der Waals surface area contributed by atoms with Gasteiger partial charge in [-0.3, -0.25) is 14.0 Å². The zero-order valence-corrected chi connectivity index (χ0v) is 23.3. The number of benzene rings is 3. The Kier molecular flexibility index (Phi) is 6.48. The highest BCUT2D eigenvalue weighted by Crippen LogP contribution is 2.35. The molecule has 0 radical (unpaired) electrons. The number of anilines is 2. The monoisotopic (exact) mass is 557 g/mol.